The second-order valence-electron chi connectivity index (χ2n) is 6.56. The molecule has 0 saturated carbocycles. The first-order valence-corrected chi connectivity index (χ1v) is 9.22. The predicted octanol–water partition coefficient (Wildman–Crippen LogP) is 3.62. The molecule has 0 saturated heterocycles. The van der Waals surface area contributed by atoms with Gasteiger partial charge in [-0.3, -0.25) is 9.59 Å². The molecular weight excluding hydrogens is 387 g/mol. The smallest absolute Gasteiger partial charge is 0.329 e. The fraction of sp³-hybridized carbons (Fsp3) is 0.316. The molecule has 1 aromatic carbocycles. The first-order valence-electron chi connectivity index (χ1n) is 8.46. The van der Waals surface area contributed by atoms with Crippen LogP contribution in [0, 0.1) is 19.8 Å². The van der Waals surface area contributed by atoms with E-state index in [0.717, 1.165) is 22.6 Å². The van der Waals surface area contributed by atoms with Crippen molar-refractivity contribution in [3.05, 3.63) is 51.3 Å². The van der Waals surface area contributed by atoms with Crippen LogP contribution in [0.25, 0.3) is 5.69 Å². The van der Waals surface area contributed by atoms with Crippen molar-refractivity contribution in [3.8, 4) is 5.69 Å². The minimum atomic E-state index is -0.807. The molecule has 2 rings (SSSR count). The molecule has 0 unspecified atom stereocenters. The summed E-state index contributed by atoms with van der Waals surface area (Å²) in [4.78, 5) is 23.4. The number of hydrogen-bond acceptors (Lipinski definition) is 3. The Balaban J connectivity index is 2.15. The van der Waals surface area contributed by atoms with Gasteiger partial charge in [-0.2, -0.15) is 5.10 Å². The molecule has 1 aromatic heterocycles. The Morgan fingerprint density at radius 3 is 2.56 bits per heavy atom. The molecule has 0 bridgehead atoms. The van der Waals surface area contributed by atoms with Crippen LogP contribution in [0.5, 0.6) is 0 Å². The molecule has 0 atom stereocenters. The van der Waals surface area contributed by atoms with Crippen LogP contribution < -0.4 is 10.7 Å². The topological polar surface area (TPSA) is 75.5 Å². The van der Waals surface area contributed by atoms with Gasteiger partial charge in [0.25, 0.3) is 0 Å². The number of carbonyl (C=O) groups excluding carboxylic acids is 2. The van der Waals surface area contributed by atoms with E-state index in [1.165, 1.54) is 6.21 Å². The van der Waals surface area contributed by atoms with E-state index in [4.69, 9.17) is 23.2 Å². The van der Waals surface area contributed by atoms with Gasteiger partial charge in [0, 0.05) is 28.5 Å². The van der Waals surface area contributed by atoms with E-state index in [1.54, 1.807) is 18.2 Å². The summed E-state index contributed by atoms with van der Waals surface area (Å²) in [6.45, 7) is 8.15. The molecule has 27 heavy (non-hydrogen) atoms. The Bertz CT molecular complexity index is 888. The molecule has 1 heterocycles. The van der Waals surface area contributed by atoms with Crippen molar-refractivity contribution < 1.29 is 9.59 Å². The molecule has 0 aliphatic rings. The van der Waals surface area contributed by atoms with Crippen LogP contribution in [0.2, 0.25) is 10.0 Å². The van der Waals surface area contributed by atoms with E-state index < -0.39 is 11.8 Å². The van der Waals surface area contributed by atoms with E-state index in [1.807, 2.05) is 38.3 Å². The molecule has 0 radical (unpaired) electrons. The highest BCUT2D eigenvalue weighted by atomic mass is 35.5. The van der Waals surface area contributed by atoms with Crippen molar-refractivity contribution in [3.63, 3.8) is 0 Å². The molecule has 0 aliphatic heterocycles. The van der Waals surface area contributed by atoms with Gasteiger partial charge in [0.05, 0.1) is 16.9 Å². The maximum atomic E-state index is 11.7. The first kappa shape index (κ1) is 21.0. The molecule has 0 spiro atoms. The van der Waals surface area contributed by atoms with Crippen LogP contribution in [0.3, 0.4) is 0 Å². The van der Waals surface area contributed by atoms with Crippen LogP contribution in [0.1, 0.15) is 30.8 Å². The highest BCUT2D eigenvalue weighted by Gasteiger charge is 2.14. The molecule has 2 amide bonds. The van der Waals surface area contributed by atoms with Crippen LogP contribution in [0.15, 0.2) is 29.4 Å². The number of nitrogens with zero attached hydrogens (tertiary/aromatic N) is 2. The zero-order chi connectivity index (χ0) is 20.1. The monoisotopic (exact) mass is 408 g/mol. The maximum absolute atomic E-state index is 11.7. The number of aryl methyl sites for hydroxylation is 1. The van der Waals surface area contributed by atoms with Crippen molar-refractivity contribution in [1.29, 1.82) is 0 Å². The Morgan fingerprint density at radius 2 is 1.89 bits per heavy atom. The van der Waals surface area contributed by atoms with Gasteiger partial charge in [-0.05, 0) is 44.0 Å². The highest BCUT2D eigenvalue weighted by Crippen LogP contribution is 2.28. The van der Waals surface area contributed by atoms with Crippen LogP contribution >= 0.6 is 23.2 Å². The van der Waals surface area contributed by atoms with Crippen molar-refractivity contribution >= 4 is 41.2 Å². The second-order valence-corrected chi connectivity index (χ2v) is 7.40. The standard InChI is InChI=1S/C19H22Cl2N4O2/c1-11(2)9-22-18(26)19(27)24-23-10-14-7-12(3)25(13(14)4)17-8-15(20)5-6-16(17)21/h5-8,10-11H,9H2,1-4H3,(H,22,26)(H,24,27)/b23-10-. The van der Waals surface area contributed by atoms with Crippen molar-refractivity contribution in [1.82, 2.24) is 15.3 Å². The van der Waals surface area contributed by atoms with Crippen LogP contribution in [-0.2, 0) is 9.59 Å². The number of aromatic nitrogens is 1. The Kier molecular flexibility index (Phi) is 7.05. The number of halogens is 2. The lowest BCUT2D eigenvalue weighted by atomic mass is 10.2. The number of amides is 2. The second kappa shape index (κ2) is 9.06. The van der Waals surface area contributed by atoms with Gasteiger partial charge in [0.15, 0.2) is 0 Å². The summed E-state index contributed by atoms with van der Waals surface area (Å²) < 4.78 is 1.95. The lowest BCUT2D eigenvalue weighted by molar-refractivity contribution is -0.139. The van der Waals surface area contributed by atoms with Crippen LogP contribution in [0.4, 0.5) is 0 Å². The molecule has 0 aliphatic carbocycles. The van der Waals surface area contributed by atoms with Gasteiger partial charge in [0.2, 0.25) is 0 Å². The molecule has 2 aromatic rings. The lowest BCUT2D eigenvalue weighted by Gasteiger charge is -2.12. The molecule has 0 fully saturated rings. The quantitative estimate of drug-likeness (QED) is 0.450. The van der Waals surface area contributed by atoms with Crippen molar-refractivity contribution in [2.24, 2.45) is 11.0 Å². The number of hydrogen-bond donors (Lipinski definition) is 2. The Hall–Kier alpha value is -2.31. The number of rotatable bonds is 5. The number of benzene rings is 1. The third kappa shape index (κ3) is 5.34. The van der Waals surface area contributed by atoms with Gasteiger partial charge in [-0.15, -0.1) is 0 Å². The fourth-order valence-electron chi connectivity index (χ4n) is 2.53. The van der Waals surface area contributed by atoms with Gasteiger partial charge in [-0.25, -0.2) is 5.43 Å². The van der Waals surface area contributed by atoms with Crippen molar-refractivity contribution in [2.45, 2.75) is 27.7 Å². The predicted molar refractivity (Wildman–Crippen MR) is 109 cm³/mol. The van der Waals surface area contributed by atoms with Gasteiger partial charge >= 0.3 is 11.8 Å². The third-order valence-electron chi connectivity index (χ3n) is 3.87. The minimum Gasteiger partial charge on any atom is -0.348 e. The van der Waals surface area contributed by atoms with Gasteiger partial charge in [0.1, 0.15) is 0 Å². The zero-order valence-corrected chi connectivity index (χ0v) is 17.1. The largest absolute Gasteiger partial charge is 0.348 e. The van der Waals surface area contributed by atoms with E-state index in [9.17, 15) is 9.59 Å². The minimum absolute atomic E-state index is 0.258. The van der Waals surface area contributed by atoms with E-state index in [-0.39, 0.29) is 5.92 Å². The average molecular weight is 409 g/mol. The summed E-state index contributed by atoms with van der Waals surface area (Å²) in [6, 6.07) is 7.15. The SMILES string of the molecule is Cc1cc(/C=N\NC(=O)C(=O)NCC(C)C)c(C)n1-c1cc(Cl)ccc1Cl. The fourth-order valence-corrected chi connectivity index (χ4v) is 2.90. The summed E-state index contributed by atoms with van der Waals surface area (Å²) in [5.41, 5.74) is 5.58. The van der Waals surface area contributed by atoms with Crippen LogP contribution in [-0.4, -0.2) is 29.1 Å². The lowest BCUT2D eigenvalue weighted by Crippen LogP contribution is -2.39. The number of hydrazone groups is 1. The Morgan fingerprint density at radius 1 is 1.19 bits per heavy atom. The third-order valence-corrected chi connectivity index (χ3v) is 4.42. The van der Waals surface area contributed by atoms with Gasteiger partial charge in [-0.1, -0.05) is 37.0 Å². The Labute approximate surface area is 168 Å². The van der Waals surface area contributed by atoms with E-state index in [0.29, 0.717) is 16.6 Å². The van der Waals surface area contributed by atoms with Gasteiger partial charge < -0.3 is 9.88 Å². The summed E-state index contributed by atoms with van der Waals surface area (Å²) in [5, 5.41) is 7.56. The highest BCUT2D eigenvalue weighted by molar-refractivity contribution is 6.35. The average Bonchev–Trinajstić information content (AvgIpc) is 2.88. The zero-order valence-electron chi connectivity index (χ0n) is 15.6. The first-order chi connectivity index (χ1) is 12.7. The molecule has 8 heteroatoms. The normalized spacial score (nSPS) is 11.2. The summed E-state index contributed by atoms with van der Waals surface area (Å²) in [6.07, 6.45) is 1.49. The molecular formula is C19H22Cl2N4O2. The van der Waals surface area contributed by atoms with E-state index in [2.05, 4.69) is 15.8 Å². The van der Waals surface area contributed by atoms with Crippen molar-refractivity contribution in [2.75, 3.05) is 6.54 Å². The van der Waals surface area contributed by atoms with E-state index >= 15 is 0 Å². The summed E-state index contributed by atoms with van der Waals surface area (Å²) in [5.74, 6) is -1.26. The number of nitrogens with one attached hydrogen (secondary N) is 2. The maximum Gasteiger partial charge on any atom is 0.329 e. The summed E-state index contributed by atoms with van der Waals surface area (Å²) >= 11 is 12.4. The molecule has 144 valence electrons. The molecule has 6 nitrogen and oxygen atoms in total. The summed E-state index contributed by atoms with van der Waals surface area (Å²) in [7, 11) is 0. The number of carbonyl (C=O) groups is 2. The molecule has 2 N–H and O–H groups in total.